The number of piperidine rings is 1. The largest absolute Gasteiger partial charge is 0.416 e. The second-order valence-electron chi connectivity index (χ2n) is 9.59. The zero-order valence-corrected chi connectivity index (χ0v) is 21.2. The van der Waals surface area contributed by atoms with Gasteiger partial charge in [-0.3, -0.25) is 14.5 Å². The maximum Gasteiger partial charge on any atom is 0.416 e. The van der Waals surface area contributed by atoms with Gasteiger partial charge in [0.15, 0.2) is 0 Å². The number of likely N-dealkylation sites (tertiary alicyclic amines) is 1. The molecule has 0 aromatic heterocycles. The maximum atomic E-state index is 13.4. The van der Waals surface area contributed by atoms with Crippen molar-refractivity contribution in [2.45, 2.75) is 43.8 Å². The van der Waals surface area contributed by atoms with Crippen LogP contribution in [0.2, 0.25) is 0 Å². The van der Waals surface area contributed by atoms with Crippen LogP contribution in [0.15, 0.2) is 78.9 Å². The van der Waals surface area contributed by atoms with E-state index in [1.54, 1.807) is 54.6 Å². The Labute approximate surface area is 227 Å². The molecule has 1 aliphatic heterocycles. The molecule has 0 spiro atoms. The van der Waals surface area contributed by atoms with Crippen molar-refractivity contribution < 1.29 is 35.9 Å². The molecule has 3 aromatic carbocycles. The maximum absolute atomic E-state index is 13.4. The summed E-state index contributed by atoms with van der Waals surface area (Å²) in [6.45, 7) is 0.363. The number of nitrogens with zero attached hydrogens (tertiary/aromatic N) is 1. The van der Waals surface area contributed by atoms with Crippen LogP contribution in [0.25, 0.3) is 0 Å². The zero-order chi connectivity index (χ0) is 28.9. The highest BCUT2D eigenvalue weighted by Gasteiger charge is 2.37. The van der Waals surface area contributed by atoms with E-state index in [4.69, 9.17) is 0 Å². The Morgan fingerprint density at radius 3 is 1.85 bits per heavy atom. The molecule has 0 radical (unpaired) electrons. The van der Waals surface area contributed by atoms with Crippen LogP contribution in [0.1, 0.15) is 51.5 Å². The zero-order valence-electron chi connectivity index (χ0n) is 21.2. The van der Waals surface area contributed by atoms with Gasteiger partial charge in [0, 0.05) is 31.2 Å². The number of amides is 2. The average molecular weight is 564 g/mol. The minimum absolute atomic E-state index is 0.0544. The summed E-state index contributed by atoms with van der Waals surface area (Å²) in [6, 6.07) is 17.8. The van der Waals surface area contributed by atoms with Gasteiger partial charge in [0.1, 0.15) is 6.04 Å². The second kappa shape index (κ2) is 12.1. The lowest BCUT2D eigenvalue weighted by Gasteiger charge is -2.37. The van der Waals surface area contributed by atoms with Crippen LogP contribution in [-0.4, -0.2) is 35.8 Å². The van der Waals surface area contributed by atoms with Crippen LogP contribution in [0.4, 0.5) is 26.3 Å². The van der Waals surface area contributed by atoms with E-state index in [2.05, 4.69) is 10.6 Å². The Morgan fingerprint density at radius 1 is 0.800 bits per heavy atom. The topological polar surface area (TPSA) is 61.4 Å². The first kappa shape index (κ1) is 29.1. The van der Waals surface area contributed by atoms with E-state index < -0.39 is 42.0 Å². The molecule has 1 aliphatic rings. The first-order valence-corrected chi connectivity index (χ1v) is 12.6. The number of alkyl halides is 6. The van der Waals surface area contributed by atoms with Gasteiger partial charge < -0.3 is 10.6 Å². The summed E-state index contributed by atoms with van der Waals surface area (Å²) >= 11 is 0. The third-order valence-corrected chi connectivity index (χ3v) is 6.74. The van der Waals surface area contributed by atoms with Gasteiger partial charge in [0.2, 0.25) is 5.91 Å². The lowest BCUT2D eigenvalue weighted by Crippen LogP contribution is -2.48. The van der Waals surface area contributed by atoms with Gasteiger partial charge in [-0.05, 0) is 54.3 Å². The van der Waals surface area contributed by atoms with Crippen LogP contribution < -0.4 is 10.6 Å². The van der Waals surface area contributed by atoms with Crippen molar-refractivity contribution in [2.75, 3.05) is 13.1 Å². The number of carbonyl (C=O) groups is 2. The number of benzene rings is 3. The highest BCUT2D eigenvalue weighted by Crippen LogP contribution is 2.36. The molecule has 212 valence electrons. The third-order valence-electron chi connectivity index (χ3n) is 6.74. The molecular formula is C29H27F6N3O2. The third kappa shape index (κ3) is 7.41. The van der Waals surface area contributed by atoms with Crippen molar-refractivity contribution in [1.82, 2.24) is 15.5 Å². The van der Waals surface area contributed by atoms with Crippen LogP contribution in [0.5, 0.6) is 0 Å². The predicted molar refractivity (Wildman–Crippen MR) is 136 cm³/mol. The lowest BCUT2D eigenvalue weighted by atomic mass is 9.98. The molecule has 40 heavy (non-hydrogen) atoms. The molecule has 0 saturated carbocycles. The predicted octanol–water partition coefficient (Wildman–Crippen LogP) is 5.98. The summed E-state index contributed by atoms with van der Waals surface area (Å²) in [5.41, 5.74) is -2.03. The summed E-state index contributed by atoms with van der Waals surface area (Å²) in [5, 5.41) is 5.53. The molecule has 4 rings (SSSR count). The van der Waals surface area contributed by atoms with Gasteiger partial charge in [0.25, 0.3) is 5.91 Å². The molecule has 1 atom stereocenters. The Bertz CT molecular complexity index is 1270. The van der Waals surface area contributed by atoms with Crippen molar-refractivity contribution in [3.63, 3.8) is 0 Å². The molecule has 2 amide bonds. The molecule has 1 heterocycles. The Morgan fingerprint density at radius 2 is 1.32 bits per heavy atom. The molecular weight excluding hydrogens is 536 g/mol. The number of hydrogen-bond acceptors (Lipinski definition) is 3. The van der Waals surface area contributed by atoms with Crippen molar-refractivity contribution in [3.05, 3.63) is 107 Å². The van der Waals surface area contributed by atoms with E-state index in [0.29, 0.717) is 49.2 Å². The van der Waals surface area contributed by atoms with Crippen LogP contribution in [0, 0.1) is 0 Å². The Kier molecular flexibility index (Phi) is 8.82. The molecule has 11 heteroatoms. The van der Waals surface area contributed by atoms with Gasteiger partial charge in [-0.15, -0.1) is 0 Å². The number of carbonyl (C=O) groups excluding carboxylic acids is 2. The van der Waals surface area contributed by atoms with Gasteiger partial charge >= 0.3 is 12.4 Å². The number of nitrogens with one attached hydrogen (secondary N) is 2. The molecule has 5 nitrogen and oxygen atoms in total. The fourth-order valence-electron chi connectivity index (χ4n) is 4.73. The second-order valence-corrected chi connectivity index (χ2v) is 9.59. The molecule has 2 N–H and O–H groups in total. The standard InChI is InChI=1S/C29H27F6N3O2/c30-28(31,32)22-15-19(16-23(17-22)29(33,34)35)18-36-27(40)25(20-7-3-1-4-8-20)38-13-11-24(12-14-38)37-26(39)21-9-5-2-6-10-21/h1-10,15-17,24-25H,11-14,18H2,(H,36,40)(H,37,39). The monoisotopic (exact) mass is 563 g/mol. The van der Waals surface area contributed by atoms with E-state index in [1.165, 1.54) is 0 Å². The minimum atomic E-state index is -4.98. The van der Waals surface area contributed by atoms with E-state index in [0.717, 1.165) is 0 Å². The van der Waals surface area contributed by atoms with Crippen LogP contribution in [0.3, 0.4) is 0 Å². The van der Waals surface area contributed by atoms with Crippen molar-refractivity contribution in [1.29, 1.82) is 0 Å². The number of halogens is 6. The average Bonchev–Trinajstić information content (AvgIpc) is 2.93. The van der Waals surface area contributed by atoms with Gasteiger partial charge in [-0.1, -0.05) is 48.5 Å². The number of rotatable bonds is 7. The molecule has 1 saturated heterocycles. The minimum Gasteiger partial charge on any atom is -0.350 e. The molecule has 0 aliphatic carbocycles. The Balaban J connectivity index is 1.46. The summed E-state index contributed by atoms with van der Waals surface area (Å²) < 4.78 is 79.5. The fourth-order valence-corrected chi connectivity index (χ4v) is 4.73. The van der Waals surface area contributed by atoms with Crippen LogP contribution in [-0.2, 0) is 23.7 Å². The Hall–Kier alpha value is -3.86. The van der Waals surface area contributed by atoms with Crippen molar-refractivity contribution in [3.8, 4) is 0 Å². The lowest BCUT2D eigenvalue weighted by molar-refractivity contribution is -0.143. The van der Waals surface area contributed by atoms with Gasteiger partial charge in [-0.2, -0.15) is 26.3 Å². The quantitative estimate of drug-likeness (QED) is 0.348. The summed E-state index contributed by atoms with van der Waals surface area (Å²) in [7, 11) is 0. The molecule has 1 unspecified atom stereocenters. The van der Waals surface area contributed by atoms with Crippen molar-refractivity contribution in [2.24, 2.45) is 0 Å². The smallest absolute Gasteiger partial charge is 0.350 e. The van der Waals surface area contributed by atoms with Gasteiger partial charge in [-0.25, -0.2) is 0 Å². The normalized spacial score (nSPS) is 15.8. The highest BCUT2D eigenvalue weighted by molar-refractivity contribution is 5.94. The first-order chi connectivity index (χ1) is 18.9. The van der Waals surface area contributed by atoms with Gasteiger partial charge in [0.05, 0.1) is 11.1 Å². The van der Waals surface area contributed by atoms with E-state index in [1.807, 2.05) is 11.0 Å². The molecule has 3 aromatic rings. The highest BCUT2D eigenvalue weighted by atomic mass is 19.4. The number of hydrogen-bond donors (Lipinski definition) is 2. The SMILES string of the molecule is O=C(NC1CCN(C(C(=O)NCc2cc(C(F)(F)F)cc(C(F)(F)F)c2)c2ccccc2)CC1)c1ccccc1. The summed E-state index contributed by atoms with van der Waals surface area (Å²) in [6.07, 6.45) is -8.85. The molecule has 1 fully saturated rings. The summed E-state index contributed by atoms with van der Waals surface area (Å²) in [5.74, 6) is -0.750. The van der Waals surface area contributed by atoms with E-state index in [-0.39, 0.29) is 23.6 Å². The fraction of sp³-hybridized carbons (Fsp3) is 0.310. The summed E-state index contributed by atoms with van der Waals surface area (Å²) in [4.78, 5) is 27.8. The van der Waals surface area contributed by atoms with Crippen LogP contribution >= 0.6 is 0 Å². The van der Waals surface area contributed by atoms with E-state index >= 15 is 0 Å². The van der Waals surface area contributed by atoms with E-state index in [9.17, 15) is 35.9 Å². The first-order valence-electron chi connectivity index (χ1n) is 12.6. The van der Waals surface area contributed by atoms with Crippen molar-refractivity contribution >= 4 is 11.8 Å². The molecule has 0 bridgehead atoms.